The van der Waals surface area contributed by atoms with E-state index in [4.69, 9.17) is 9.22 Å². The molecule has 0 aliphatic heterocycles. The largest absolute Gasteiger partial charge is 0.506 e. The minimum Gasteiger partial charge on any atom is -0.506 e. The minimum atomic E-state index is -0.0175. The van der Waals surface area contributed by atoms with E-state index in [1.807, 2.05) is 45.0 Å². The van der Waals surface area contributed by atoms with Crippen LogP contribution in [0.2, 0.25) is 0 Å². The van der Waals surface area contributed by atoms with Crippen molar-refractivity contribution in [1.29, 1.82) is 0 Å². The number of azo groups is 1. The van der Waals surface area contributed by atoms with Crippen LogP contribution in [0.1, 0.15) is 24.5 Å². The van der Waals surface area contributed by atoms with E-state index in [1.165, 1.54) is 6.07 Å². The van der Waals surface area contributed by atoms with E-state index in [9.17, 15) is 10.2 Å². The van der Waals surface area contributed by atoms with E-state index in [0.29, 0.717) is 22.6 Å². The fourth-order valence-corrected chi connectivity index (χ4v) is 3.16. The summed E-state index contributed by atoms with van der Waals surface area (Å²) in [6.45, 7) is 6.35. The van der Waals surface area contributed by atoms with Gasteiger partial charge in [0.15, 0.2) is 5.75 Å². The van der Waals surface area contributed by atoms with Gasteiger partial charge in [-0.1, -0.05) is 30.7 Å². The molecule has 0 unspecified atom stereocenters. The molecule has 0 saturated heterocycles. The van der Waals surface area contributed by atoms with Crippen molar-refractivity contribution in [2.75, 3.05) is 6.61 Å². The number of hydrogen-bond acceptors (Lipinski definition) is 7. The third kappa shape index (κ3) is 5.71. The van der Waals surface area contributed by atoms with Crippen LogP contribution in [0.5, 0.6) is 11.5 Å². The Morgan fingerprint density at radius 1 is 1.00 bits per heavy atom. The first-order valence-corrected chi connectivity index (χ1v) is 9.67. The number of benzene rings is 3. The van der Waals surface area contributed by atoms with Crippen molar-refractivity contribution in [2.45, 2.75) is 32.1 Å². The zero-order valence-corrected chi connectivity index (χ0v) is 18.0. The Balaban J connectivity index is 0.00000300. The van der Waals surface area contributed by atoms with E-state index in [2.05, 4.69) is 10.2 Å². The zero-order valence-electron chi connectivity index (χ0n) is 16.3. The second kappa shape index (κ2) is 10.6. The average molecular weight is 462 g/mol. The molecule has 0 spiro atoms. The third-order valence-corrected chi connectivity index (χ3v) is 4.71. The van der Waals surface area contributed by atoms with Crippen LogP contribution in [0.25, 0.3) is 10.8 Å². The van der Waals surface area contributed by atoms with Crippen LogP contribution >= 0.6 is 12.0 Å². The third-order valence-electron chi connectivity index (χ3n) is 4.10. The number of aromatic hydroxyl groups is 2. The topological polar surface area (TPSA) is 83.6 Å². The first kappa shape index (κ1) is 23.2. The molecule has 3 aromatic rings. The molecule has 29 heavy (non-hydrogen) atoms. The van der Waals surface area contributed by atoms with E-state index in [0.717, 1.165) is 35.0 Å². The van der Waals surface area contributed by atoms with Gasteiger partial charge < -0.3 is 10.2 Å². The smallest absolute Gasteiger partial charge is 0.151 e. The Labute approximate surface area is 184 Å². The molecule has 0 amide bonds. The quantitative estimate of drug-likeness (QED) is 0.103. The van der Waals surface area contributed by atoms with Gasteiger partial charge in [-0.25, -0.2) is 4.89 Å². The first-order chi connectivity index (χ1) is 13.5. The van der Waals surface area contributed by atoms with Crippen LogP contribution < -0.4 is 0 Å². The molecular weight excluding hydrogens is 440 g/mol. The number of nitrogens with zero attached hydrogens (tertiary/aromatic N) is 2. The number of aryl methyl sites for hydroxylation is 2. The number of phenolic OH excluding ortho intramolecular Hbond substituents is 2. The van der Waals surface area contributed by atoms with Crippen molar-refractivity contribution in [3.8, 4) is 11.5 Å². The normalized spacial score (nSPS) is 11.1. The van der Waals surface area contributed by atoms with Crippen molar-refractivity contribution < 1.29 is 36.5 Å². The number of rotatable bonds is 7. The van der Waals surface area contributed by atoms with E-state index >= 15 is 0 Å². The van der Waals surface area contributed by atoms with Crippen molar-refractivity contribution in [2.24, 2.45) is 10.2 Å². The molecule has 0 aromatic heterocycles. The molecular formula is C21H22CuN2O4S. The predicted octanol–water partition coefficient (Wildman–Crippen LogP) is 6.65. The number of fused-ring (bicyclic) bond motifs is 1. The van der Waals surface area contributed by atoms with Gasteiger partial charge >= 0.3 is 0 Å². The van der Waals surface area contributed by atoms with Gasteiger partial charge in [-0.15, -0.1) is 10.2 Å². The van der Waals surface area contributed by atoms with Crippen LogP contribution in [0.15, 0.2) is 57.6 Å². The summed E-state index contributed by atoms with van der Waals surface area (Å²) in [5.74, 6) is 0.0520. The molecule has 0 atom stereocenters. The molecule has 2 N–H and O–H groups in total. The first-order valence-electron chi connectivity index (χ1n) is 8.93. The summed E-state index contributed by atoms with van der Waals surface area (Å²) in [4.78, 5) is 5.69. The molecule has 0 fully saturated rings. The van der Waals surface area contributed by atoms with E-state index < -0.39 is 0 Å². The molecule has 0 saturated carbocycles. The van der Waals surface area contributed by atoms with Crippen molar-refractivity contribution in [3.05, 3.63) is 53.6 Å². The summed E-state index contributed by atoms with van der Waals surface area (Å²) < 4.78 is 5.04. The Kier molecular flexibility index (Phi) is 8.49. The average Bonchev–Trinajstić information content (AvgIpc) is 2.66. The Hall–Kier alpha value is -2.09. The van der Waals surface area contributed by atoms with Crippen LogP contribution in [0, 0.1) is 13.8 Å². The molecule has 0 bridgehead atoms. The van der Waals surface area contributed by atoms with Gasteiger partial charge in [-0.3, -0.25) is 0 Å². The molecule has 0 aliphatic carbocycles. The SMILES string of the molecule is CCCOOSc1ccc(O)c(N=Nc2c(C)cc3cc(C)ccc3c2O)c1.[Cu]. The molecule has 3 aromatic carbocycles. The number of phenols is 2. The summed E-state index contributed by atoms with van der Waals surface area (Å²) in [7, 11) is 0. The maximum atomic E-state index is 10.6. The monoisotopic (exact) mass is 461 g/mol. The van der Waals surface area contributed by atoms with Crippen LogP contribution in [0.4, 0.5) is 11.4 Å². The molecule has 6 nitrogen and oxygen atoms in total. The summed E-state index contributed by atoms with van der Waals surface area (Å²) in [5.41, 5.74) is 2.55. The van der Waals surface area contributed by atoms with Crippen LogP contribution in [-0.4, -0.2) is 16.8 Å². The van der Waals surface area contributed by atoms with Crippen molar-refractivity contribution >= 4 is 34.2 Å². The Morgan fingerprint density at radius 3 is 2.55 bits per heavy atom. The van der Waals surface area contributed by atoms with Crippen LogP contribution in [-0.2, 0) is 26.3 Å². The summed E-state index contributed by atoms with van der Waals surface area (Å²) in [6, 6.07) is 12.6. The Morgan fingerprint density at radius 2 is 1.79 bits per heavy atom. The second-order valence-electron chi connectivity index (χ2n) is 6.44. The summed E-state index contributed by atoms with van der Waals surface area (Å²) in [6.07, 6.45) is 0.851. The standard InChI is InChI=1S/C21H22N2O4S.Cu/c1-4-9-26-27-28-16-6-8-19(24)18(12-16)22-23-20-14(3)11-15-10-13(2)5-7-17(15)21(20)25;/h5-8,10-12,24-25H,4,9H2,1-3H3;. The molecule has 1 radical (unpaired) electrons. The number of hydrogen-bond donors (Lipinski definition) is 2. The van der Waals surface area contributed by atoms with E-state index in [1.54, 1.807) is 12.1 Å². The van der Waals surface area contributed by atoms with Gasteiger partial charge in [-0.05, 0) is 55.5 Å². The molecule has 0 aliphatic rings. The van der Waals surface area contributed by atoms with Gasteiger partial charge in [0, 0.05) is 27.4 Å². The molecule has 0 heterocycles. The molecule has 8 heteroatoms. The van der Waals surface area contributed by atoms with Gasteiger partial charge in [0.05, 0.1) is 18.6 Å². The molecule has 157 valence electrons. The second-order valence-corrected chi connectivity index (χ2v) is 7.21. The van der Waals surface area contributed by atoms with Gasteiger partial charge in [0.1, 0.15) is 17.1 Å². The summed E-state index contributed by atoms with van der Waals surface area (Å²) in [5, 5.41) is 30.7. The fourth-order valence-electron chi connectivity index (χ4n) is 2.68. The zero-order chi connectivity index (χ0) is 20.1. The maximum absolute atomic E-state index is 10.6. The minimum absolute atomic E-state index is 0. The van der Waals surface area contributed by atoms with Crippen molar-refractivity contribution in [1.82, 2.24) is 0 Å². The van der Waals surface area contributed by atoms with Gasteiger partial charge in [-0.2, -0.15) is 4.33 Å². The van der Waals surface area contributed by atoms with Crippen LogP contribution in [0.3, 0.4) is 0 Å². The maximum Gasteiger partial charge on any atom is 0.151 e. The summed E-state index contributed by atoms with van der Waals surface area (Å²) >= 11 is 1.03. The van der Waals surface area contributed by atoms with Crippen molar-refractivity contribution in [3.63, 3.8) is 0 Å². The van der Waals surface area contributed by atoms with E-state index in [-0.39, 0.29) is 34.3 Å². The predicted molar refractivity (Wildman–Crippen MR) is 111 cm³/mol. The van der Waals surface area contributed by atoms with Gasteiger partial charge in [0.2, 0.25) is 0 Å². The Bertz CT molecular complexity index is 1030. The fraction of sp³-hybridized carbons (Fsp3) is 0.238. The van der Waals surface area contributed by atoms with Gasteiger partial charge in [0.25, 0.3) is 0 Å². The molecule has 3 rings (SSSR count).